The fourth-order valence-electron chi connectivity index (χ4n) is 6.96. The van der Waals surface area contributed by atoms with Crippen LogP contribution in [0.25, 0.3) is 16.7 Å². The molecule has 0 radical (unpaired) electrons. The van der Waals surface area contributed by atoms with Crippen molar-refractivity contribution >= 4 is 28.4 Å². The number of carbonyl (C=O) groups excluding carboxylic acids is 1. The zero-order chi connectivity index (χ0) is 27.7. The Hall–Kier alpha value is -4.41. The number of aliphatic hydroxyl groups excluding tert-OH is 1. The van der Waals surface area contributed by atoms with Crippen LogP contribution in [-0.4, -0.2) is 31.0 Å². The highest BCUT2D eigenvalue weighted by molar-refractivity contribution is 6.10. The SMILES string of the molecule is Cc1ccccc1C1=CC=CC2C(=O)c3cc4c(cc3N(C)C12)C(O)c1cccc(-c2ccccc2C)c1N4C. The molecule has 4 nitrogen and oxygen atoms in total. The number of rotatable bonds is 2. The topological polar surface area (TPSA) is 43.8 Å². The summed E-state index contributed by atoms with van der Waals surface area (Å²) in [6.45, 7) is 4.23. The fraction of sp³-hybridized carbons (Fsp3) is 0.194. The van der Waals surface area contributed by atoms with Crippen molar-refractivity contribution in [3.05, 3.63) is 130 Å². The summed E-state index contributed by atoms with van der Waals surface area (Å²) in [5, 5.41) is 11.8. The van der Waals surface area contributed by atoms with E-state index in [4.69, 9.17) is 0 Å². The molecule has 0 aromatic heterocycles. The third-order valence-electron chi connectivity index (χ3n) is 9.01. The molecule has 3 unspecified atom stereocenters. The molecule has 0 amide bonds. The summed E-state index contributed by atoms with van der Waals surface area (Å²) in [4.78, 5) is 18.5. The van der Waals surface area contributed by atoms with Crippen molar-refractivity contribution in [2.45, 2.75) is 26.0 Å². The van der Waals surface area contributed by atoms with E-state index in [-0.39, 0.29) is 17.7 Å². The number of likely N-dealkylation sites (N-methyl/N-ethyl adjacent to an activating group) is 1. The Morgan fingerprint density at radius 1 is 0.725 bits per heavy atom. The lowest BCUT2D eigenvalue weighted by atomic mass is 9.75. The van der Waals surface area contributed by atoms with Crippen molar-refractivity contribution in [1.29, 1.82) is 0 Å². The number of carbonyl (C=O) groups is 1. The van der Waals surface area contributed by atoms with Gasteiger partial charge in [-0.05, 0) is 53.8 Å². The van der Waals surface area contributed by atoms with Crippen molar-refractivity contribution in [2.75, 3.05) is 23.9 Å². The molecule has 2 heterocycles. The molecule has 198 valence electrons. The van der Waals surface area contributed by atoms with Crippen LogP contribution < -0.4 is 9.80 Å². The van der Waals surface area contributed by atoms with Crippen molar-refractivity contribution in [3.8, 4) is 11.1 Å². The Labute approximate surface area is 235 Å². The monoisotopic (exact) mass is 524 g/mol. The minimum Gasteiger partial charge on any atom is -0.383 e. The minimum atomic E-state index is -0.797. The van der Waals surface area contributed by atoms with E-state index in [1.807, 2.05) is 61.7 Å². The number of hydrogen-bond acceptors (Lipinski definition) is 4. The lowest BCUT2D eigenvalue weighted by Gasteiger charge is -2.44. The smallest absolute Gasteiger partial charge is 0.174 e. The van der Waals surface area contributed by atoms with Gasteiger partial charge < -0.3 is 14.9 Å². The lowest BCUT2D eigenvalue weighted by molar-refractivity contribution is 0.0931. The van der Waals surface area contributed by atoms with Crippen molar-refractivity contribution in [3.63, 3.8) is 0 Å². The molecule has 1 N–H and O–H groups in total. The summed E-state index contributed by atoms with van der Waals surface area (Å²) >= 11 is 0. The molecule has 4 aromatic carbocycles. The fourth-order valence-corrected chi connectivity index (χ4v) is 6.96. The number of Topliss-reactive ketones (excluding diaryl/α,β-unsaturated/α-hetero) is 1. The van der Waals surface area contributed by atoms with Crippen LogP contribution in [0.5, 0.6) is 0 Å². The number of ketones is 1. The van der Waals surface area contributed by atoms with Crippen LogP contribution >= 0.6 is 0 Å². The number of hydrogen-bond donors (Lipinski definition) is 1. The van der Waals surface area contributed by atoms with Gasteiger partial charge in [-0.3, -0.25) is 4.79 Å². The molecule has 0 saturated carbocycles. The maximum atomic E-state index is 14.1. The van der Waals surface area contributed by atoms with Crippen molar-refractivity contribution in [1.82, 2.24) is 0 Å². The standard InChI is InChI=1S/C36H32N2O2/c1-21-11-5-7-13-23(21)25-15-9-17-27-33(25)37(3)31-19-30-32(20-29(31)35(27)39)38(4)34-26(16-10-18-28(34)36(30)40)24-14-8-6-12-22(24)2/h5-20,27,33,36,40H,1-4H3. The van der Waals surface area contributed by atoms with Gasteiger partial charge in [0.1, 0.15) is 6.10 Å². The number of nitrogens with zero attached hydrogens (tertiary/aromatic N) is 2. The first kappa shape index (κ1) is 24.6. The maximum Gasteiger partial charge on any atom is 0.174 e. The van der Waals surface area contributed by atoms with E-state index in [0.29, 0.717) is 5.56 Å². The molecule has 2 aliphatic heterocycles. The number of para-hydroxylation sites is 1. The molecular weight excluding hydrogens is 492 g/mol. The van der Waals surface area contributed by atoms with Gasteiger partial charge in [-0.25, -0.2) is 0 Å². The van der Waals surface area contributed by atoms with E-state index in [2.05, 4.69) is 73.2 Å². The molecule has 0 fully saturated rings. The van der Waals surface area contributed by atoms with E-state index < -0.39 is 6.10 Å². The summed E-state index contributed by atoms with van der Waals surface area (Å²) < 4.78 is 0. The molecule has 4 aromatic rings. The molecule has 0 saturated heterocycles. The summed E-state index contributed by atoms with van der Waals surface area (Å²) in [5.74, 6) is -0.152. The quantitative estimate of drug-likeness (QED) is 0.297. The van der Waals surface area contributed by atoms with E-state index in [9.17, 15) is 9.90 Å². The van der Waals surface area contributed by atoms with Gasteiger partial charge in [0.25, 0.3) is 0 Å². The van der Waals surface area contributed by atoms with Gasteiger partial charge >= 0.3 is 0 Å². The first-order chi connectivity index (χ1) is 19.4. The molecule has 40 heavy (non-hydrogen) atoms. The predicted molar refractivity (Wildman–Crippen MR) is 163 cm³/mol. The number of anilines is 3. The van der Waals surface area contributed by atoms with E-state index >= 15 is 0 Å². The van der Waals surface area contributed by atoms with Crippen LogP contribution in [0.2, 0.25) is 0 Å². The average Bonchev–Trinajstić information content (AvgIpc) is 2.98. The molecule has 0 bridgehead atoms. The molecule has 1 aliphatic carbocycles. The Bertz CT molecular complexity index is 1760. The second-order valence-electron chi connectivity index (χ2n) is 11.2. The van der Waals surface area contributed by atoms with E-state index in [0.717, 1.165) is 44.9 Å². The molecule has 0 spiro atoms. The summed E-state index contributed by atoms with van der Waals surface area (Å²) in [6.07, 6.45) is 5.41. The van der Waals surface area contributed by atoms with Crippen molar-refractivity contribution < 1.29 is 9.90 Å². The van der Waals surface area contributed by atoms with Gasteiger partial charge in [0, 0.05) is 47.7 Å². The van der Waals surface area contributed by atoms with Gasteiger partial charge in [-0.2, -0.15) is 0 Å². The predicted octanol–water partition coefficient (Wildman–Crippen LogP) is 7.40. The van der Waals surface area contributed by atoms with Crippen LogP contribution in [0.15, 0.2) is 97.1 Å². The van der Waals surface area contributed by atoms with Gasteiger partial charge in [-0.15, -0.1) is 0 Å². The van der Waals surface area contributed by atoms with Crippen LogP contribution in [0.4, 0.5) is 17.1 Å². The third kappa shape index (κ3) is 3.46. The second kappa shape index (κ2) is 9.07. The first-order valence-electron chi connectivity index (χ1n) is 13.9. The number of allylic oxidation sites excluding steroid dienone is 2. The van der Waals surface area contributed by atoms with E-state index in [1.165, 1.54) is 16.7 Å². The number of benzene rings is 4. The molecule has 3 atom stereocenters. The number of aryl methyl sites for hydroxylation is 2. The number of fused-ring (bicyclic) bond motifs is 4. The highest BCUT2D eigenvalue weighted by Crippen LogP contribution is 2.51. The van der Waals surface area contributed by atoms with Gasteiger partial charge in [0.15, 0.2) is 5.78 Å². The van der Waals surface area contributed by atoms with Gasteiger partial charge in [-0.1, -0.05) is 85.0 Å². The van der Waals surface area contributed by atoms with Gasteiger partial charge in [0.2, 0.25) is 0 Å². The van der Waals surface area contributed by atoms with Crippen LogP contribution in [-0.2, 0) is 0 Å². The zero-order valence-electron chi connectivity index (χ0n) is 23.2. The minimum absolute atomic E-state index is 0.109. The largest absolute Gasteiger partial charge is 0.383 e. The summed E-state index contributed by atoms with van der Waals surface area (Å²) in [6, 6.07) is 26.8. The average molecular weight is 525 g/mol. The number of aliphatic hydroxyl groups is 1. The van der Waals surface area contributed by atoms with E-state index in [1.54, 1.807) is 0 Å². The Kier molecular flexibility index (Phi) is 5.58. The molecule has 3 aliphatic rings. The Morgan fingerprint density at radius 2 is 1.40 bits per heavy atom. The highest BCUT2D eigenvalue weighted by Gasteiger charge is 2.43. The normalized spacial score (nSPS) is 20.9. The van der Waals surface area contributed by atoms with Crippen LogP contribution in [0, 0.1) is 19.8 Å². The lowest BCUT2D eigenvalue weighted by Crippen LogP contribution is -2.47. The van der Waals surface area contributed by atoms with Crippen LogP contribution in [0.1, 0.15) is 44.3 Å². The second-order valence-corrected chi connectivity index (χ2v) is 11.2. The maximum absolute atomic E-state index is 14.1. The third-order valence-corrected chi connectivity index (χ3v) is 9.01. The zero-order valence-corrected chi connectivity index (χ0v) is 23.2. The highest BCUT2D eigenvalue weighted by atomic mass is 16.3. The molecule has 4 heteroatoms. The summed E-state index contributed by atoms with van der Waals surface area (Å²) in [7, 11) is 4.11. The van der Waals surface area contributed by atoms with Gasteiger partial charge in [0.05, 0.1) is 17.6 Å². The Morgan fingerprint density at radius 3 is 2.12 bits per heavy atom. The van der Waals surface area contributed by atoms with Crippen LogP contribution in [0.3, 0.4) is 0 Å². The molecule has 7 rings (SSSR count). The Balaban J connectivity index is 1.37. The first-order valence-corrected chi connectivity index (χ1v) is 13.9. The molecular formula is C36H32N2O2. The summed E-state index contributed by atoms with van der Waals surface area (Å²) in [5.41, 5.74) is 12.0. The van der Waals surface area contributed by atoms with Crippen molar-refractivity contribution in [2.24, 2.45) is 5.92 Å².